The fourth-order valence-electron chi connectivity index (χ4n) is 5.97. The maximum Gasteiger partial charge on any atom is 0.112 e. The van der Waals surface area contributed by atoms with Crippen molar-refractivity contribution in [2.45, 2.75) is 83.7 Å². The van der Waals surface area contributed by atoms with Crippen LogP contribution in [-0.2, 0) is 11.3 Å². The zero-order valence-corrected chi connectivity index (χ0v) is 29.8. The number of hydrogen-bond acceptors (Lipinski definition) is 2. The van der Waals surface area contributed by atoms with E-state index in [1.807, 2.05) is 21.2 Å². The minimum Gasteiger partial charge on any atom is -0.377 e. The molecule has 0 spiro atoms. The van der Waals surface area contributed by atoms with Crippen molar-refractivity contribution in [1.82, 2.24) is 0 Å². The summed E-state index contributed by atoms with van der Waals surface area (Å²) in [4.78, 5) is 0. The van der Waals surface area contributed by atoms with Gasteiger partial charge in [0, 0.05) is 6.61 Å². The summed E-state index contributed by atoms with van der Waals surface area (Å²) in [5.74, 6) is 0. The molecule has 0 amide bonds. The highest BCUT2D eigenvalue weighted by Gasteiger charge is 2.44. The lowest BCUT2D eigenvalue weighted by Gasteiger charge is -2.27. The maximum absolute atomic E-state index is 5.81. The van der Waals surface area contributed by atoms with Gasteiger partial charge in [-0.2, -0.15) is 0 Å². The molecule has 0 unspecified atom stereocenters. The minimum absolute atomic E-state index is 0.746. The van der Waals surface area contributed by atoms with Crippen LogP contribution in [0.25, 0.3) is 0 Å². The third-order valence-electron chi connectivity index (χ3n) is 8.23. The van der Waals surface area contributed by atoms with Crippen LogP contribution >= 0.6 is 38.3 Å². The molecular formula is C39H51IOPS+. The Kier molecular flexibility index (Phi) is 19.0. The lowest BCUT2D eigenvalue weighted by molar-refractivity contribution is 0.116. The summed E-state index contributed by atoms with van der Waals surface area (Å²) in [6.07, 6.45) is 17.4. The zero-order chi connectivity index (χ0) is 30.3. The predicted molar refractivity (Wildman–Crippen MR) is 205 cm³/mol. The van der Waals surface area contributed by atoms with Crippen molar-refractivity contribution in [1.29, 1.82) is 0 Å². The van der Waals surface area contributed by atoms with Gasteiger partial charge in [-0.05, 0) is 82.4 Å². The minimum atomic E-state index is -1.66. The van der Waals surface area contributed by atoms with Crippen molar-refractivity contribution in [2.75, 3.05) is 12.8 Å². The summed E-state index contributed by atoms with van der Waals surface area (Å²) < 4.78 is 5.81. The van der Waals surface area contributed by atoms with Crippen LogP contribution < -0.4 is 15.9 Å². The average molecular weight is 726 g/mol. The number of ether oxygens (including phenoxy) is 1. The van der Waals surface area contributed by atoms with E-state index >= 15 is 0 Å². The molecule has 0 aromatic heterocycles. The summed E-state index contributed by atoms with van der Waals surface area (Å²) in [7, 11) is 1.84. The second kappa shape index (κ2) is 22.8. The van der Waals surface area contributed by atoms with Crippen molar-refractivity contribution < 1.29 is 4.74 Å². The number of hydrogen-bond donors (Lipinski definition) is 1. The molecule has 0 saturated heterocycles. The molecule has 4 aromatic carbocycles. The van der Waals surface area contributed by atoms with Crippen LogP contribution in [0, 0.1) is 0 Å². The molecule has 0 bridgehead atoms. The van der Waals surface area contributed by atoms with E-state index in [0.29, 0.717) is 0 Å². The summed E-state index contributed by atoms with van der Waals surface area (Å²) >= 11 is 1.84. The van der Waals surface area contributed by atoms with Crippen LogP contribution in [0.2, 0.25) is 0 Å². The van der Waals surface area contributed by atoms with Crippen molar-refractivity contribution >= 4 is 54.2 Å². The molecule has 0 aliphatic rings. The molecule has 0 atom stereocenters. The monoisotopic (exact) mass is 725 g/mol. The van der Waals surface area contributed by atoms with Crippen molar-refractivity contribution in [3.05, 3.63) is 127 Å². The molecule has 230 valence electrons. The Balaban J connectivity index is 0.00000248. The first-order chi connectivity index (χ1) is 21.4. The van der Waals surface area contributed by atoms with E-state index in [1.165, 1.54) is 105 Å². The Labute approximate surface area is 280 Å². The predicted octanol–water partition coefficient (Wildman–Crippen LogP) is 11.1. The van der Waals surface area contributed by atoms with Gasteiger partial charge in [-0.25, -0.2) is 0 Å². The third kappa shape index (κ3) is 12.7. The van der Waals surface area contributed by atoms with Crippen molar-refractivity contribution in [3.63, 3.8) is 0 Å². The third-order valence-corrected chi connectivity index (χ3v) is 12.8. The van der Waals surface area contributed by atoms with E-state index < -0.39 is 7.26 Å². The standard InChI is InChI=1S/C39H50OP.HIS/c1(3-5-7-9-23-33-40-35-36-25-15-11-16-26-36)2-4-6-8-10-24-34-41(37-27-17-12-18-28-37,38-29-19-13-20-30-38)39-31-21-14-22-32-39;1-2/h11-22,25-32H,1-10,23-24,33-35H2;2H/q+1;. The molecule has 4 rings (SSSR count). The first kappa shape index (κ1) is 35.8. The van der Waals surface area contributed by atoms with Crippen molar-refractivity contribution in [2.24, 2.45) is 0 Å². The van der Waals surface area contributed by atoms with Crippen LogP contribution in [0.1, 0.15) is 82.6 Å². The number of halogens is 1. The number of unbranched alkanes of at least 4 members (excludes halogenated alkanes) is 11. The smallest absolute Gasteiger partial charge is 0.112 e. The van der Waals surface area contributed by atoms with E-state index in [2.05, 4.69) is 131 Å². The van der Waals surface area contributed by atoms with E-state index in [4.69, 9.17) is 4.74 Å². The molecule has 0 heterocycles. The molecule has 0 N–H and O–H groups in total. The maximum atomic E-state index is 5.81. The molecule has 4 aromatic rings. The van der Waals surface area contributed by atoms with Gasteiger partial charge in [0.1, 0.15) is 23.2 Å². The molecule has 0 fully saturated rings. The second-order valence-corrected chi connectivity index (χ2v) is 14.9. The van der Waals surface area contributed by atoms with Gasteiger partial charge in [-0.3, -0.25) is 0 Å². The SMILES string of the molecule is SI.c1ccc(COCCCCCCCCCCCCCC[P+](c2ccccc2)(c2ccccc2)c2ccccc2)cc1. The molecule has 4 heteroatoms. The van der Waals surface area contributed by atoms with E-state index in [9.17, 15) is 0 Å². The van der Waals surface area contributed by atoms with Crippen LogP contribution in [-0.4, -0.2) is 12.8 Å². The number of rotatable bonds is 20. The lowest BCUT2D eigenvalue weighted by Crippen LogP contribution is -2.33. The largest absolute Gasteiger partial charge is 0.377 e. The van der Waals surface area contributed by atoms with Crippen LogP contribution in [0.3, 0.4) is 0 Å². The normalized spacial score (nSPS) is 11.1. The van der Waals surface area contributed by atoms with Gasteiger partial charge in [0.2, 0.25) is 0 Å². The molecule has 1 nitrogen and oxygen atoms in total. The second-order valence-electron chi connectivity index (χ2n) is 11.3. The van der Waals surface area contributed by atoms with Crippen LogP contribution in [0.15, 0.2) is 121 Å². The molecule has 0 saturated carbocycles. The lowest BCUT2D eigenvalue weighted by atomic mass is 10.1. The first-order valence-electron chi connectivity index (χ1n) is 16.2. The van der Waals surface area contributed by atoms with Gasteiger partial charge in [0.05, 0.1) is 12.8 Å². The first-order valence-corrected chi connectivity index (χ1v) is 21.4. The molecule has 43 heavy (non-hydrogen) atoms. The Hall–Kier alpha value is -1.65. The summed E-state index contributed by atoms with van der Waals surface area (Å²) in [5, 5.41) is 4.53. The Morgan fingerprint density at radius 2 is 0.744 bits per heavy atom. The fourth-order valence-corrected chi connectivity index (χ4v) is 10.4. The van der Waals surface area contributed by atoms with Gasteiger partial charge in [-0.15, -0.1) is 9.80 Å². The quantitative estimate of drug-likeness (QED) is 0.0413. The molecule has 0 radical (unpaired) electrons. The Morgan fingerprint density at radius 1 is 0.419 bits per heavy atom. The van der Waals surface area contributed by atoms with Crippen LogP contribution in [0.4, 0.5) is 0 Å². The molecule has 0 aliphatic heterocycles. The van der Waals surface area contributed by atoms with Crippen LogP contribution in [0.5, 0.6) is 0 Å². The number of benzene rings is 4. The Morgan fingerprint density at radius 3 is 1.14 bits per heavy atom. The highest BCUT2D eigenvalue weighted by Crippen LogP contribution is 2.56. The molecular weight excluding hydrogens is 674 g/mol. The van der Waals surface area contributed by atoms with E-state index in [1.54, 1.807) is 0 Å². The van der Waals surface area contributed by atoms with Gasteiger partial charge < -0.3 is 4.74 Å². The van der Waals surface area contributed by atoms with E-state index in [-0.39, 0.29) is 0 Å². The highest BCUT2D eigenvalue weighted by molar-refractivity contribution is 14.2. The van der Waals surface area contributed by atoms with Gasteiger partial charge in [0.25, 0.3) is 0 Å². The summed E-state index contributed by atoms with van der Waals surface area (Å²) in [5.41, 5.74) is 1.27. The van der Waals surface area contributed by atoms with Gasteiger partial charge in [0.15, 0.2) is 0 Å². The summed E-state index contributed by atoms with van der Waals surface area (Å²) in [6.45, 7) is 1.64. The Bertz CT molecular complexity index is 1090. The van der Waals surface area contributed by atoms with Crippen molar-refractivity contribution in [3.8, 4) is 0 Å². The fraction of sp³-hybridized carbons (Fsp3) is 0.385. The molecule has 0 aliphatic carbocycles. The zero-order valence-electron chi connectivity index (χ0n) is 25.8. The highest BCUT2D eigenvalue weighted by atomic mass is 127. The summed E-state index contributed by atoms with van der Waals surface area (Å²) in [6, 6.07) is 44.5. The van der Waals surface area contributed by atoms with E-state index in [0.717, 1.165) is 13.2 Å². The average Bonchev–Trinajstić information content (AvgIpc) is 3.09. The topological polar surface area (TPSA) is 9.23 Å². The number of thiol groups is 1. The van der Waals surface area contributed by atoms with Gasteiger partial charge >= 0.3 is 0 Å². The van der Waals surface area contributed by atoms with Gasteiger partial charge in [-0.1, -0.05) is 143 Å².